The largest absolute Gasteiger partial charge is 0.381 e. The summed E-state index contributed by atoms with van der Waals surface area (Å²) in [6.45, 7) is 3.24. The van der Waals surface area contributed by atoms with E-state index in [0.717, 1.165) is 63.3 Å². The Morgan fingerprint density at radius 2 is 1.89 bits per heavy atom. The summed E-state index contributed by atoms with van der Waals surface area (Å²) in [5.74, 6) is 1.96. The zero-order valence-corrected chi connectivity index (χ0v) is 15.6. The molecule has 0 radical (unpaired) electrons. The summed E-state index contributed by atoms with van der Waals surface area (Å²) in [4.78, 5) is 19.6. The van der Waals surface area contributed by atoms with Gasteiger partial charge in [0.2, 0.25) is 5.91 Å². The summed E-state index contributed by atoms with van der Waals surface area (Å²) in [6, 6.07) is 2.48. The van der Waals surface area contributed by atoms with Crippen molar-refractivity contribution in [2.45, 2.75) is 50.5 Å². The molecule has 0 aromatic carbocycles. The summed E-state index contributed by atoms with van der Waals surface area (Å²) >= 11 is 0. The number of aromatic nitrogens is 3. The van der Waals surface area contributed by atoms with Crippen molar-refractivity contribution in [1.29, 1.82) is 0 Å². The van der Waals surface area contributed by atoms with Crippen LogP contribution in [-0.4, -0.2) is 52.9 Å². The van der Waals surface area contributed by atoms with E-state index in [0.29, 0.717) is 5.92 Å². The highest BCUT2D eigenvalue weighted by molar-refractivity contribution is 5.79. The molecule has 5 rings (SSSR count). The van der Waals surface area contributed by atoms with Crippen molar-refractivity contribution >= 4 is 17.2 Å². The minimum absolute atomic E-state index is 0.107. The van der Waals surface area contributed by atoms with Gasteiger partial charge in [0, 0.05) is 56.6 Å². The minimum Gasteiger partial charge on any atom is -0.381 e. The van der Waals surface area contributed by atoms with Gasteiger partial charge in [0.25, 0.3) is 0 Å². The predicted octanol–water partition coefficient (Wildman–Crippen LogP) is 2.12. The second-order valence-electron chi connectivity index (χ2n) is 8.08. The van der Waals surface area contributed by atoms with Crippen molar-refractivity contribution in [2.24, 2.45) is 5.92 Å². The van der Waals surface area contributed by atoms with E-state index in [4.69, 9.17) is 9.84 Å². The van der Waals surface area contributed by atoms with Crippen molar-refractivity contribution in [2.75, 3.05) is 31.2 Å². The molecule has 3 fully saturated rings. The van der Waals surface area contributed by atoms with Gasteiger partial charge in [-0.3, -0.25) is 4.79 Å². The first-order valence-corrected chi connectivity index (χ1v) is 10.3. The van der Waals surface area contributed by atoms with E-state index in [1.807, 2.05) is 16.9 Å². The van der Waals surface area contributed by atoms with Crippen molar-refractivity contribution < 1.29 is 9.53 Å². The molecule has 7 nitrogen and oxygen atoms in total. The quantitative estimate of drug-likeness (QED) is 0.894. The van der Waals surface area contributed by atoms with Gasteiger partial charge in [-0.1, -0.05) is 0 Å². The van der Waals surface area contributed by atoms with E-state index >= 15 is 0 Å². The number of carbonyl (C=O) groups excluding carboxylic acids is 1. The number of hydrogen-bond donors (Lipinski definition) is 1. The molecule has 4 heterocycles. The van der Waals surface area contributed by atoms with E-state index in [9.17, 15) is 4.79 Å². The maximum atomic E-state index is 12.6. The number of anilines is 1. The molecule has 0 spiro atoms. The van der Waals surface area contributed by atoms with Crippen LogP contribution in [0.4, 0.5) is 5.82 Å². The maximum Gasteiger partial charge on any atom is 0.223 e. The second kappa shape index (κ2) is 7.11. The average molecular weight is 369 g/mol. The van der Waals surface area contributed by atoms with E-state index in [1.54, 1.807) is 0 Å². The highest BCUT2D eigenvalue weighted by Gasteiger charge is 2.30. The SMILES string of the molecule is O=C(NC1CCOCC1)C1CCN(c2nccn3nc(C4CC4)cc23)CC1. The molecule has 1 saturated carbocycles. The van der Waals surface area contributed by atoms with E-state index in [2.05, 4.69) is 21.3 Å². The summed E-state index contributed by atoms with van der Waals surface area (Å²) in [6.07, 6.45) is 9.88. The maximum absolute atomic E-state index is 12.6. The second-order valence-corrected chi connectivity index (χ2v) is 8.08. The van der Waals surface area contributed by atoms with Gasteiger partial charge in [0.1, 0.15) is 5.52 Å². The third kappa shape index (κ3) is 3.52. The third-order valence-corrected chi connectivity index (χ3v) is 6.12. The third-order valence-electron chi connectivity index (χ3n) is 6.12. The molecule has 2 aromatic heterocycles. The van der Waals surface area contributed by atoms with E-state index in [-0.39, 0.29) is 17.9 Å². The topological polar surface area (TPSA) is 71.8 Å². The molecule has 0 atom stereocenters. The number of amides is 1. The van der Waals surface area contributed by atoms with Crippen molar-refractivity contribution in [1.82, 2.24) is 19.9 Å². The molecule has 1 amide bonds. The van der Waals surface area contributed by atoms with Crippen LogP contribution in [0.25, 0.3) is 5.52 Å². The van der Waals surface area contributed by atoms with Crippen LogP contribution in [0.15, 0.2) is 18.5 Å². The first kappa shape index (κ1) is 17.0. The monoisotopic (exact) mass is 369 g/mol. The predicted molar refractivity (Wildman–Crippen MR) is 102 cm³/mol. The molecule has 0 unspecified atom stereocenters. The van der Waals surface area contributed by atoms with Crippen LogP contribution in [0.3, 0.4) is 0 Å². The Kier molecular flexibility index (Phi) is 4.47. The van der Waals surface area contributed by atoms with Crippen LogP contribution < -0.4 is 10.2 Å². The number of piperidine rings is 1. The van der Waals surface area contributed by atoms with Crippen LogP contribution in [0.1, 0.15) is 50.1 Å². The Bertz CT molecular complexity index is 817. The number of nitrogens with zero attached hydrogens (tertiary/aromatic N) is 4. The Morgan fingerprint density at radius 1 is 1.11 bits per heavy atom. The Labute approximate surface area is 159 Å². The molecule has 2 saturated heterocycles. The average Bonchev–Trinajstić information content (AvgIpc) is 3.47. The number of nitrogens with one attached hydrogen (secondary N) is 1. The highest BCUT2D eigenvalue weighted by atomic mass is 16.5. The number of ether oxygens (including phenoxy) is 1. The molecule has 144 valence electrons. The van der Waals surface area contributed by atoms with Gasteiger partial charge in [-0.2, -0.15) is 5.10 Å². The van der Waals surface area contributed by atoms with Gasteiger partial charge in [0.15, 0.2) is 5.82 Å². The van der Waals surface area contributed by atoms with Crippen LogP contribution >= 0.6 is 0 Å². The molecule has 27 heavy (non-hydrogen) atoms. The van der Waals surface area contributed by atoms with Crippen molar-refractivity contribution in [3.63, 3.8) is 0 Å². The Balaban J connectivity index is 1.24. The lowest BCUT2D eigenvalue weighted by Crippen LogP contribution is -2.45. The first-order valence-electron chi connectivity index (χ1n) is 10.3. The first-order chi connectivity index (χ1) is 13.3. The zero-order chi connectivity index (χ0) is 18.2. The van der Waals surface area contributed by atoms with Gasteiger partial charge in [-0.05, 0) is 44.6 Å². The fraction of sp³-hybridized carbons (Fsp3) is 0.650. The molecule has 1 N–H and O–H groups in total. The van der Waals surface area contributed by atoms with Gasteiger partial charge < -0.3 is 15.0 Å². The van der Waals surface area contributed by atoms with E-state index < -0.39 is 0 Å². The normalized spacial score (nSPS) is 22.3. The van der Waals surface area contributed by atoms with Crippen LogP contribution in [-0.2, 0) is 9.53 Å². The van der Waals surface area contributed by atoms with E-state index in [1.165, 1.54) is 18.5 Å². The molecule has 1 aliphatic carbocycles. The lowest BCUT2D eigenvalue weighted by molar-refractivity contribution is -0.126. The molecule has 3 aliphatic rings. The number of hydrogen-bond acceptors (Lipinski definition) is 5. The number of rotatable bonds is 4. The van der Waals surface area contributed by atoms with Gasteiger partial charge >= 0.3 is 0 Å². The lowest BCUT2D eigenvalue weighted by atomic mass is 9.95. The fourth-order valence-electron chi connectivity index (χ4n) is 4.26. The molecule has 0 bridgehead atoms. The van der Waals surface area contributed by atoms with Crippen molar-refractivity contribution in [3.8, 4) is 0 Å². The van der Waals surface area contributed by atoms with Crippen molar-refractivity contribution in [3.05, 3.63) is 24.2 Å². The summed E-state index contributed by atoms with van der Waals surface area (Å²) in [5.41, 5.74) is 2.28. The standard InChI is InChI=1S/C20H27N5O2/c26-20(22-16-5-11-27-12-6-16)15-3-8-24(9-4-15)19-18-13-17(14-1-2-14)23-25(18)10-7-21-19/h7,10,13-16H,1-6,8-9,11-12H2,(H,22,26). The number of fused-ring (bicyclic) bond motifs is 1. The van der Waals surface area contributed by atoms with Gasteiger partial charge in [0.05, 0.1) is 5.69 Å². The minimum atomic E-state index is 0.107. The smallest absolute Gasteiger partial charge is 0.223 e. The number of carbonyl (C=O) groups is 1. The fourth-order valence-corrected chi connectivity index (χ4v) is 4.26. The van der Waals surface area contributed by atoms with Gasteiger partial charge in [-0.25, -0.2) is 9.50 Å². The zero-order valence-electron chi connectivity index (χ0n) is 15.6. The van der Waals surface area contributed by atoms with Gasteiger partial charge in [-0.15, -0.1) is 0 Å². The molecular weight excluding hydrogens is 342 g/mol. The molecule has 2 aromatic rings. The highest BCUT2D eigenvalue weighted by Crippen LogP contribution is 2.40. The van der Waals surface area contributed by atoms with Crippen LogP contribution in [0.2, 0.25) is 0 Å². The molecular formula is C20H27N5O2. The molecule has 2 aliphatic heterocycles. The Hall–Kier alpha value is -2.15. The summed E-state index contributed by atoms with van der Waals surface area (Å²) in [5, 5.41) is 7.94. The summed E-state index contributed by atoms with van der Waals surface area (Å²) in [7, 11) is 0. The Morgan fingerprint density at radius 3 is 2.63 bits per heavy atom. The lowest BCUT2D eigenvalue weighted by Gasteiger charge is -2.33. The molecule has 7 heteroatoms. The van der Waals surface area contributed by atoms with Crippen LogP contribution in [0, 0.1) is 5.92 Å². The van der Waals surface area contributed by atoms with Crippen LogP contribution in [0.5, 0.6) is 0 Å². The summed E-state index contributed by atoms with van der Waals surface area (Å²) < 4.78 is 7.33.